The minimum Gasteiger partial charge on any atom is -0.459 e. The highest BCUT2D eigenvalue weighted by molar-refractivity contribution is 8.00. The molecule has 0 spiro atoms. The zero-order valence-corrected chi connectivity index (χ0v) is 15.3. The molecule has 0 bridgehead atoms. The summed E-state index contributed by atoms with van der Waals surface area (Å²) in [7, 11) is 0. The van der Waals surface area contributed by atoms with Crippen molar-refractivity contribution in [1.82, 2.24) is 0 Å². The summed E-state index contributed by atoms with van der Waals surface area (Å²) in [5.74, 6) is 0.375. The van der Waals surface area contributed by atoms with Crippen molar-refractivity contribution >= 4 is 40.9 Å². The maximum atomic E-state index is 12.0. The standard InChI is InChI=1S/C18H16Cl2O3S/c1-18(15-8-7-13(19)9-16(15)20)23-14(11-24-18)10-22-17(21)12-5-3-2-4-6-12/h2-9,14H,10-11H2,1H3/t14-,18+/m0/s1. The summed E-state index contributed by atoms with van der Waals surface area (Å²) in [5, 5.41) is 1.16. The first-order chi connectivity index (χ1) is 11.5. The van der Waals surface area contributed by atoms with E-state index in [9.17, 15) is 4.79 Å². The lowest BCUT2D eigenvalue weighted by Crippen LogP contribution is -2.25. The average Bonchev–Trinajstić information content (AvgIpc) is 2.95. The summed E-state index contributed by atoms with van der Waals surface area (Å²) >= 11 is 13.9. The molecule has 0 amide bonds. The van der Waals surface area contributed by atoms with Gasteiger partial charge in [-0.2, -0.15) is 0 Å². The molecular weight excluding hydrogens is 367 g/mol. The Morgan fingerprint density at radius 1 is 1.29 bits per heavy atom. The Morgan fingerprint density at radius 2 is 2.04 bits per heavy atom. The second-order valence-electron chi connectivity index (χ2n) is 5.59. The van der Waals surface area contributed by atoms with E-state index in [4.69, 9.17) is 32.7 Å². The summed E-state index contributed by atoms with van der Waals surface area (Å²) in [5.41, 5.74) is 1.40. The van der Waals surface area contributed by atoms with Gasteiger partial charge in [-0.05, 0) is 31.2 Å². The topological polar surface area (TPSA) is 35.5 Å². The molecule has 0 aliphatic carbocycles. The fraction of sp³-hybridized carbons (Fsp3) is 0.278. The van der Waals surface area contributed by atoms with Crippen LogP contribution in [0.2, 0.25) is 10.0 Å². The van der Waals surface area contributed by atoms with Crippen molar-refractivity contribution in [1.29, 1.82) is 0 Å². The lowest BCUT2D eigenvalue weighted by Gasteiger charge is -2.25. The summed E-state index contributed by atoms with van der Waals surface area (Å²) in [6, 6.07) is 14.3. The van der Waals surface area contributed by atoms with Gasteiger partial charge in [-0.3, -0.25) is 0 Å². The Bertz CT molecular complexity index is 738. The van der Waals surface area contributed by atoms with Crippen molar-refractivity contribution in [2.45, 2.75) is 18.0 Å². The Morgan fingerprint density at radius 3 is 2.75 bits per heavy atom. The number of carbonyl (C=O) groups is 1. The average molecular weight is 383 g/mol. The molecule has 1 aliphatic heterocycles. The fourth-order valence-electron chi connectivity index (χ4n) is 2.55. The first-order valence-electron chi connectivity index (χ1n) is 7.47. The van der Waals surface area contributed by atoms with Crippen LogP contribution in [-0.4, -0.2) is 24.4 Å². The normalized spacial score (nSPS) is 23.2. The third-order valence-electron chi connectivity index (χ3n) is 3.77. The Balaban J connectivity index is 1.62. The van der Waals surface area contributed by atoms with Crippen LogP contribution in [0.25, 0.3) is 0 Å². The molecule has 0 saturated carbocycles. The van der Waals surface area contributed by atoms with Crippen LogP contribution in [0.15, 0.2) is 48.5 Å². The van der Waals surface area contributed by atoms with Crippen molar-refractivity contribution in [3.8, 4) is 0 Å². The van der Waals surface area contributed by atoms with Crippen molar-refractivity contribution in [3.63, 3.8) is 0 Å². The van der Waals surface area contributed by atoms with Gasteiger partial charge in [-0.15, -0.1) is 11.8 Å². The van der Waals surface area contributed by atoms with E-state index >= 15 is 0 Å². The van der Waals surface area contributed by atoms with E-state index in [0.29, 0.717) is 15.6 Å². The minimum absolute atomic E-state index is 0.181. The van der Waals surface area contributed by atoms with Gasteiger partial charge in [0, 0.05) is 21.4 Å². The third-order valence-corrected chi connectivity index (χ3v) is 5.72. The third kappa shape index (κ3) is 3.89. The number of esters is 1. The monoisotopic (exact) mass is 382 g/mol. The summed E-state index contributed by atoms with van der Waals surface area (Å²) in [6.07, 6.45) is -0.181. The van der Waals surface area contributed by atoms with E-state index in [1.807, 2.05) is 19.1 Å². The molecule has 0 aromatic heterocycles. The lowest BCUT2D eigenvalue weighted by molar-refractivity contribution is -0.0348. The fourth-order valence-corrected chi connectivity index (χ4v) is 4.40. The van der Waals surface area contributed by atoms with Gasteiger partial charge in [-0.25, -0.2) is 4.79 Å². The molecule has 3 rings (SSSR count). The van der Waals surface area contributed by atoms with Gasteiger partial charge < -0.3 is 9.47 Å². The number of ether oxygens (including phenoxy) is 2. The van der Waals surface area contributed by atoms with Crippen LogP contribution < -0.4 is 0 Å². The molecule has 2 atom stereocenters. The summed E-state index contributed by atoms with van der Waals surface area (Å²) in [6.45, 7) is 2.17. The quantitative estimate of drug-likeness (QED) is 0.684. The minimum atomic E-state index is -0.578. The molecule has 1 saturated heterocycles. The number of hydrogen-bond donors (Lipinski definition) is 0. The van der Waals surface area contributed by atoms with Gasteiger partial charge in [0.1, 0.15) is 17.6 Å². The smallest absolute Gasteiger partial charge is 0.338 e. The molecule has 1 fully saturated rings. The predicted molar refractivity (Wildman–Crippen MR) is 97.9 cm³/mol. The molecule has 3 nitrogen and oxygen atoms in total. The van der Waals surface area contributed by atoms with E-state index in [1.54, 1.807) is 48.2 Å². The van der Waals surface area contributed by atoms with Gasteiger partial charge in [0.25, 0.3) is 0 Å². The SMILES string of the molecule is C[C@@]1(c2ccc(Cl)cc2Cl)O[C@@H](COC(=O)c2ccccc2)CS1. The van der Waals surface area contributed by atoms with Crippen LogP contribution in [0.5, 0.6) is 0 Å². The van der Waals surface area contributed by atoms with Crippen LogP contribution in [0.4, 0.5) is 0 Å². The van der Waals surface area contributed by atoms with Crippen LogP contribution in [0, 0.1) is 0 Å². The molecule has 126 valence electrons. The molecule has 0 unspecified atom stereocenters. The van der Waals surface area contributed by atoms with Crippen LogP contribution in [-0.2, 0) is 14.4 Å². The number of carbonyl (C=O) groups excluding carboxylic acids is 1. The molecule has 1 heterocycles. The number of benzene rings is 2. The number of rotatable bonds is 4. The van der Waals surface area contributed by atoms with E-state index in [0.717, 1.165) is 11.3 Å². The number of thioether (sulfide) groups is 1. The molecule has 24 heavy (non-hydrogen) atoms. The molecule has 2 aromatic rings. The highest BCUT2D eigenvalue weighted by Crippen LogP contribution is 2.47. The molecule has 0 N–H and O–H groups in total. The Hall–Kier alpha value is -1.20. The second-order valence-corrected chi connectivity index (χ2v) is 7.83. The first-order valence-corrected chi connectivity index (χ1v) is 9.21. The zero-order valence-electron chi connectivity index (χ0n) is 13.0. The maximum Gasteiger partial charge on any atom is 0.338 e. The first kappa shape index (κ1) is 17.6. The number of halogens is 2. The van der Waals surface area contributed by atoms with Crippen molar-refractivity contribution in [3.05, 3.63) is 69.7 Å². The predicted octanol–water partition coefficient (Wildman–Crippen LogP) is 5.16. The van der Waals surface area contributed by atoms with E-state index in [-0.39, 0.29) is 18.7 Å². The summed E-state index contributed by atoms with van der Waals surface area (Å²) < 4.78 is 11.5. The zero-order chi connectivity index (χ0) is 17.2. The van der Waals surface area contributed by atoms with E-state index in [2.05, 4.69) is 0 Å². The van der Waals surface area contributed by atoms with Crippen molar-refractivity contribution in [2.75, 3.05) is 12.4 Å². The van der Waals surface area contributed by atoms with E-state index in [1.165, 1.54) is 0 Å². The highest BCUT2D eigenvalue weighted by Gasteiger charge is 2.40. The van der Waals surface area contributed by atoms with Crippen LogP contribution in [0.1, 0.15) is 22.8 Å². The molecular formula is C18H16Cl2O3S. The summed E-state index contributed by atoms with van der Waals surface area (Å²) in [4.78, 5) is 11.4. The maximum absolute atomic E-state index is 12.0. The van der Waals surface area contributed by atoms with E-state index < -0.39 is 4.93 Å². The van der Waals surface area contributed by atoms with Crippen molar-refractivity contribution in [2.24, 2.45) is 0 Å². The van der Waals surface area contributed by atoms with Crippen LogP contribution >= 0.6 is 35.0 Å². The molecule has 0 radical (unpaired) electrons. The van der Waals surface area contributed by atoms with Gasteiger partial charge in [0.15, 0.2) is 0 Å². The molecule has 2 aromatic carbocycles. The highest BCUT2D eigenvalue weighted by atomic mass is 35.5. The lowest BCUT2D eigenvalue weighted by atomic mass is 10.1. The van der Waals surface area contributed by atoms with Gasteiger partial charge in [0.2, 0.25) is 0 Å². The van der Waals surface area contributed by atoms with Gasteiger partial charge in [0.05, 0.1) is 5.56 Å². The Kier molecular flexibility index (Phi) is 5.40. The van der Waals surface area contributed by atoms with Gasteiger partial charge in [-0.1, -0.05) is 47.5 Å². The molecule has 1 aliphatic rings. The van der Waals surface area contributed by atoms with Crippen LogP contribution in [0.3, 0.4) is 0 Å². The van der Waals surface area contributed by atoms with Gasteiger partial charge >= 0.3 is 5.97 Å². The molecule has 6 heteroatoms. The Labute approximate surface area is 155 Å². The van der Waals surface area contributed by atoms with Crippen molar-refractivity contribution < 1.29 is 14.3 Å². The second kappa shape index (κ2) is 7.36. The number of hydrogen-bond acceptors (Lipinski definition) is 4. The largest absolute Gasteiger partial charge is 0.459 e.